The van der Waals surface area contributed by atoms with Crippen molar-refractivity contribution in [3.05, 3.63) is 23.8 Å². The Morgan fingerprint density at radius 3 is 3.00 bits per heavy atom. The summed E-state index contributed by atoms with van der Waals surface area (Å²) in [6.07, 6.45) is 2.94. The summed E-state index contributed by atoms with van der Waals surface area (Å²) in [5.41, 5.74) is 2.54. The highest BCUT2D eigenvalue weighted by Crippen LogP contribution is 2.35. The third-order valence-corrected chi connectivity index (χ3v) is 4.14. The highest BCUT2D eigenvalue weighted by Gasteiger charge is 2.25. The van der Waals surface area contributed by atoms with E-state index in [1.165, 1.54) is 30.6 Å². The van der Waals surface area contributed by atoms with E-state index in [0.717, 1.165) is 31.3 Å². The van der Waals surface area contributed by atoms with Gasteiger partial charge in [-0.3, -0.25) is 0 Å². The topological polar surface area (TPSA) is 24.5 Å². The Morgan fingerprint density at radius 1 is 1.40 bits per heavy atom. The Morgan fingerprint density at radius 2 is 2.25 bits per heavy atom. The third-order valence-electron chi connectivity index (χ3n) is 4.14. The van der Waals surface area contributed by atoms with E-state index in [1.54, 1.807) is 0 Å². The molecule has 0 aliphatic carbocycles. The molecule has 0 radical (unpaired) electrons. The minimum atomic E-state index is 0. The summed E-state index contributed by atoms with van der Waals surface area (Å²) < 4.78 is 5.97. The van der Waals surface area contributed by atoms with Gasteiger partial charge in [0.05, 0.1) is 12.2 Å². The van der Waals surface area contributed by atoms with Crippen molar-refractivity contribution >= 4 is 18.1 Å². The van der Waals surface area contributed by atoms with Gasteiger partial charge in [0.25, 0.3) is 0 Å². The molecule has 1 aromatic carbocycles. The van der Waals surface area contributed by atoms with Crippen LogP contribution in [0.2, 0.25) is 0 Å². The molecule has 0 amide bonds. The lowest BCUT2D eigenvalue weighted by Crippen LogP contribution is -2.44. The van der Waals surface area contributed by atoms with Crippen molar-refractivity contribution in [1.29, 1.82) is 0 Å². The van der Waals surface area contributed by atoms with Gasteiger partial charge in [0.2, 0.25) is 0 Å². The van der Waals surface area contributed by atoms with E-state index in [1.807, 2.05) is 0 Å². The van der Waals surface area contributed by atoms with Gasteiger partial charge in [-0.1, -0.05) is 6.07 Å². The van der Waals surface area contributed by atoms with Crippen molar-refractivity contribution in [3.8, 4) is 5.75 Å². The summed E-state index contributed by atoms with van der Waals surface area (Å²) in [6.45, 7) is 8.79. The molecule has 0 saturated carbocycles. The zero-order chi connectivity index (χ0) is 13.2. The zero-order valence-corrected chi connectivity index (χ0v) is 13.2. The lowest BCUT2D eigenvalue weighted by molar-refractivity contribution is 0.208. The van der Waals surface area contributed by atoms with Gasteiger partial charge in [-0.25, -0.2) is 0 Å². The molecular weight excluding hydrogens is 272 g/mol. The van der Waals surface area contributed by atoms with E-state index < -0.39 is 0 Å². The van der Waals surface area contributed by atoms with Gasteiger partial charge in [0.1, 0.15) is 11.9 Å². The number of ether oxygens (including phenoxy) is 1. The van der Waals surface area contributed by atoms with Crippen molar-refractivity contribution in [2.24, 2.45) is 5.92 Å². The number of piperidine rings is 1. The Bertz CT molecular complexity index is 446. The normalized spacial score (nSPS) is 25.4. The number of nitrogens with zero attached hydrogens (tertiary/aromatic N) is 1. The summed E-state index contributed by atoms with van der Waals surface area (Å²) in [7, 11) is 0. The van der Waals surface area contributed by atoms with E-state index in [2.05, 4.69) is 42.3 Å². The maximum absolute atomic E-state index is 5.97. The van der Waals surface area contributed by atoms with Gasteiger partial charge in [-0.2, -0.15) is 0 Å². The first-order valence-electron chi connectivity index (χ1n) is 7.45. The number of rotatable bonds is 2. The van der Waals surface area contributed by atoms with Crippen LogP contribution in [0.25, 0.3) is 0 Å². The SMILES string of the molecule is Cc1ccc2c(c1)OC(C)CN2CC1CCCNC1.Cl. The lowest BCUT2D eigenvalue weighted by atomic mass is 9.98. The molecule has 2 heterocycles. The highest BCUT2D eigenvalue weighted by atomic mass is 35.5. The van der Waals surface area contributed by atoms with E-state index in [9.17, 15) is 0 Å². The molecule has 2 unspecified atom stereocenters. The second-order valence-corrected chi connectivity index (χ2v) is 6.02. The number of fused-ring (bicyclic) bond motifs is 1. The molecule has 3 nitrogen and oxygen atoms in total. The van der Waals surface area contributed by atoms with Gasteiger partial charge in [0, 0.05) is 6.54 Å². The van der Waals surface area contributed by atoms with E-state index in [4.69, 9.17) is 4.74 Å². The second-order valence-electron chi connectivity index (χ2n) is 6.02. The first-order chi connectivity index (χ1) is 9.22. The molecule has 4 heteroatoms. The summed E-state index contributed by atoms with van der Waals surface area (Å²) in [6, 6.07) is 6.56. The van der Waals surface area contributed by atoms with Crippen molar-refractivity contribution in [2.45, 2.75) is 32.8 Å². The minimum absolute atomic E-state index is 0. The van der Waals surface area contributed by atoms with Crippen LogP contribution >= 0.6 is 12.4 Å². The van der Waals surface area contributed by atoms with Crippen LogP contribution in [0.1, 0.15) is 25.3 Å². The smallest absolute Gasteiger partial charge is 0.143 e. The van der Waals surface area contributed by atoms with Crippen molar-refractivity contribution in [2.75, 3.05) is 31.1 Å². The first kappa shape index (κ1) is 15.5. The Kier molecular flexibility index (Phi) is 5.17. The molecule has 3 rings (SSSR count). The fraction of sp³-hybridized carbons (Fsp3) is 0.625. The van der Waals surface area contributed by atoms with Gasteiger partial charge in [-0.05, 0) is 63.4 Å². The average Bonchev–Trinajstić information content (AvgIpc) is 2.39. The lowest BCUT2D eigenvalue weighted by Gasteiger charge is -2.38. The Labute approximate surface area is 128 Å². The number of nitrogens with one attached hydrogen (secondary N) is 1. The second kappa shape index (κ2) is 6.68. The summed E-state index contributed by atoms with van der Waals surface area (Å²) in [5, 5.41) is 3.51. The number of hydrogen-bond acceptors (Lipinski definition) is 3. The summed E-state index contributed by atoms with van der Waals surface area (Å²) in [5.74, 6) is 1.83. The van der Waals surface area contributed by atoms with Gasteiger partial charge in [0.15, 0.2) is 0 Å². The van der Waals surface area contributed by atoms with Gasteiger partial charge in [-0.15, -0.1) is 12.4 Å². The van der Waals surface area contributed by atoms with Crippen LogP contribution in [0.5, 0.6) is 5.75 Å². The number of benzene rings is 1. The highest BCUT2D eigenvalue weighted by molar-refractivity contribution is 5.85. The van der Waals surface area contributed by atoms with Crippen LogP contribution in [0.15, 0.2) is 18.2 Å². The number of halogens is 1. The van der Waals surface area contributed by atoms with Crippen LogP contribution in [-0.2, 0) is 0 Å². The summed E-state index contributed by atoms with van der Waals surface area (Å²) >= 11 is 0. The molecule has 1 saturated heterocycles. The number of aryl methyl sites for hydroxylation is 1. The molecule has 2 atom stereocenters. The van der Waals surface area contributed by atoms with E-state index >= 15 is 0 Å². The Balaban J connectivity index is 0.00000147. The predicted octanol–water partition coefficient (Wildman–Crippen LogP) is 3.00. The van der Waals surface area contributed by atoms with Crippen molar-refractivity contribution in [3.63, 3.8) is 0 Å². The predicted molar refractivity (Wildman–Crippen MR) is 86.3 cm³/mol. The fourth-order valence-electron chi connectivity index (χ4n) is 3.20. The molecule has 0 spiro atoms. The molecule has 2 aliphatic rings. The third kappa shape index (κ3) is 3.39. The van der Waals surface area contributed by atoms with Crippen molar-refractivity contribution in [1.82, 2.24) is 5.32 Å². The standard InChI is InChI=1S/C16H24N2O.ClH/c1-12-5-6-15-16(8-12)19-13(2)10-18(15)11-14-4-3-7-17-9-14;/h5-6,8,13-14,17H,3-4,7,9-11H2,1-2H3;1H. The van der Waals surface area contributed by atoms with Gasteiger partial charge >= 0.3 is 0 Å². The molecule has 1 aromatic rings. The molecular formula is C16H25ClN2O. The largest absolute Gasteiger partial charge is 0.487 e. The quantitative estimate of drug-likeness (QED) is 0.908. The van der Waals surface area contributed by atoms with E-state index in [-0.39, 0.29) is 18.5 Å². The molecule has 2 aliphatic heterocycles. The molecule has 20 heavy (non-hydrogen) atoms. The molecule has 1 fully saturated rings. The molecule has 1 N–H and O–H groups in total. The fourth-order valence-corrected chi connectivity index (χ4v) is 3.20. The zero-order valence-electron chi connectivity index (χ0n) is 12.4. The summed E-state index contributed by atoms with van der Waals surface area (Å²) in [4.78, 5) is 2.51. The number of hydrogen-bond donors (Lipinski definition) is 1. The first-order valence-corrected chi connectivity index (χ1v) is 7.45. The Hall–Kier alpha value is -0.930. The van der Waals surface area contributed by atoms with Crippen LogP contribution in [0.3, 0.4) is 0 Å². The number of anilines is 1. The van der Waals surface area contributed by atoms with Crippen LogP contribution in [0.4, 0.5) is 5.69 Å². The van der Waals surface area contributed by atoms with E-state index in [0.29, 0.717) is 0 Å². The van der Waals surface area contributed by atoms with Gasteiger partial charge < -0.3 is 15.0 Å². The van der Waals surface area contributed by atoms with Crippen LogP contribution < -0.4 is 15.0 Å². The van der Waals surface area contributed by atoms with Crippen molar-refractivity contribution < 1.29 is 4.74 Å². The molecule has 112 valence electrons. The average molecular weight is 297 g/mol. The monoisotopic (exact) mass is 296 g/mol. The maximum Gasteiger partial charge on any atom is 0.143 e. The molecule has 0 bridgehead atoms. The maximum atomic E-state index is 5.97. The van der Waals surface area contributed by atoms with Crippen LogP contribution in [-0.4, -0.2) is 32.3 Å². The van der Waals surface area contributed by atoms with Crippen LogP contribution in [0, 0.1) is 12.8 Å². The minimum Gasteiger partial charge on any atom is -0.487 e. The molecule has 0 aromatic heterocycles.